The van der Waals surface area contributed by atoms with Gasteiger partial charge in [0.25, 0.3) is 0 Å². The fourth-order valence-electron chi connectivity index (χ4n) is 2.36. The largest absolute Gasteiger partial charge is 0.382 e. The van der Waals surface area contributed by atoms with Crippen molar-refractivity contribution in [3.05, 3.63) is 0 Å². The predicted octanol–water partition coefficient (Wildman–Crippen LogP) is -0.682. The third-order valence-electron chi connectivity index (χ3n) is 3.29. The minimum atomic E-state index is -0.988. The summed E-state index contributed by atoms with van der Waals surface area (Å²) in [5.41, 5.74) is 5.51. The zero-order valence-corrected chi connectivity index (χ0v) is 7.70. The van der Waals surface area contributed by atoms with Crippen molar-refractivity contribution in [1.82, 2.24) is 4.90 Å². The number of aliphatic hydroxyl groups excluding tert-OH is 1. The third kappa shape index (κ3) is 1.56. The molecule has 2 rings (SSSR count). The normalized spacial score (nSPS) is 27.8. The molecule has 1 aliphatic carbocycles. The van der Waals surface area contributed by atoms with Crippen LogP contribution in [0.15, 0.2) is 0 Å². The average molecular weight is 184 g/mol. The van der Waals surface area contributed by atoms with Crippen molar-refractivity contribution in [1.29, 1.82) is 0 Å². The van der Waals surface area contributed by atoms with E-state index in [4.69, 9.17) is 5.73 Å². The highest BCUT2D eigenvalue weighted by atomic mass is 16.3. The summed E-state index contributed by atoms with van der Waals surface area (Å²) in [6, 6.07) is 0. The van der Waals surface area contributed by atoms with Crippen LogP contribution in [0, 0.1) is 5.41 Å². The van der Waals surface area contributed by atoms with Crippen LogP contribution in [0.4, 0.5) is 0 Å². The van der Waals surface area contributed by atoms with Gasteiger partial charge in [-0.05, 0) is 18.3 Å². The highest BCUT2D eigenvalue weighted by Gasteiger charge is 2.47. The molecule has 13 heavy (non-hydrogen) atoms. The van der Waals surface area contributed by atoms with Crippen molar-refractivity contribution in [3.8, 4) is 0 Å². The number of β-amino-alcohol motifs (C(OH)–C–C–N with tert-alkyl or cyclic N) is 1. The van der Waals surface area contributed by atoms with Crippen LogP contribution in [0.25, 0.3) is 0 Å². The van der Waals surface area contributed by atoms with Crippen molar-refractivity contribution in [2.45, 2.75) is 25.4 Å². The van der Waals surface area contributed by atoms with Crippen LogP contribution in [0.1, 0.15) is 19.3 Å². The van der Waals surface area contributed by atoms with Crippen LogP contribution in [0.2, 0.25) is 0 Å². The molecule has 1 atom stereocenters. The molecule has 0 bridgehead atoms. The Morgan fingerprint density at radius 2 is 2.15 bits per heavy atom. The fraction of sp³-hybridized carbons (Fsp3) is 0.889. The number of carbonyl (C=O) groups is 1. The summed E-state index contributed by atoms with van der Waals surface area (Å²) in [6.45, 7) is 2.49. The number of carbonyl (C=O) groups excluding carboxylic acids is 1. The first-order valence-corrected chi connectivity index (χ1v) is 4.81. The number of hydrogen-bond donors (Lipinski definition) is 2. The Kier molecular flexibility index (Phi) is 2.04. The molecule has 1 aliphatic heterocycles. The summed E-state index contributed by atoms with van der Waals surface area (Å²) in [7, 11) is 0. The number of hydrogen-bond acceptors (Lipinski definition) is 3. The standard InChI is InChI=1S/C9H16N2O2/c10-8(13)7(12)4-11-5-9(6-11)2-1-3-9/h7,12H,1-6H2,(H2,10,13). The molecule has 1 saturated carbocycles. The minimum Gasteiger partial charge on any atom is -0.382 e. The van der Waals surface area contributed by atoms with Crippen LogP contribution < -0.4 is 5.73 Å². The maximum absolute atomic E-state index is 10.6. The molecule has 0 aromatic carbocycles. The number of primary amides is 1. The number of nitrogens with zero attached hydrogens (tertiary/aromatic N) is 1. The van der Waals surface area contributed by atoms with Gasteiger partial charge in [0, 0.05) is 19.6 Å². The zero-order valence-electron chi connectivity index (χ0n) is 7.70. The van der Waals surface area contributed by atoms with Crippen LogP contribution >= 0.6 is 0 Å². The van der Waals surface area contributed by atoms with Gasteiger partial charge >= 0.3 is 0 Å². The lowest BCUT2D eigenvalue weighted by atomic mass is 9.63. The van der Waals surface area contributed by atoms with E-state index in [9.17, 15) is 9.90 Å². The first kappa shape index (κ1) is 8.97. The van der Waals surface area contributed by atoms with Crippen LogP contribution in [-0.2, 0) is 4.79 Å². The summed E-state index contributed by atoms with van der Waals surface area (Å²) in [5.74, 6) is -0.616. The summed E-state index contributed by atoms with van der Waals surface area (Å²) >= 11 is 0. The molecule has 2 fully saturated rings. The summed E-state index contributed by atoms with van der Waals surface area (Å²) in [6.07, 6.45) is 2.98. The Morgan fingerprint density at radius 1 is 1.54 bits per heavy atom. The lowest BCUT2D eigenvalue weighted by Crippen LogP contribution is -2.61. The third-order valence-corrected chi connectivity index (χ3v) is 3.29. The van der Waals surface area contributed by atoms with Gasteiger partial charge in [0.2, 0.25) is 5.91 Å². The molecule has 4 heteroatoms. The van der Waals surface area contributed by atoms with E-state index in [0.717, 1.165) is 13.1 Å². The van der Waals surface area contributed by atoms with Crippen molar-refractivity contribution in [2.75, 3.05) is 19.6 Å². The van der Waals surface area contributed by atoms with Gasteiger partial charge < -0.3 is 10.8 Å². The monoisotopic (exact) mass is 184 g/mol. The topological polar surface area (TPSA) is 66.6 Å². The van der Waals surface area contributed by atoms with Crippen LogP contribution in [0.3, 0.4) is 0 Å². The van der Waals surface area contributed by atoms with Crippen LogP contribution in [0.5, 0.6) is 0 Å². The minimum absolute atomic E-state index is 0.414. The van der Waals surface area contributed by atoms with Gasteiger partial charge in [-0.1, -0.05) is 6.42 Å². The lowest BCUT2D eigenvalue weighted by molar-refractivity contribution is -0.131. The van der Waals surface area contributed by atoms with E-state index in [1.54, 1.807) is 0 Å². The van der Waals surface area contributed by atoms with E-state index in [-0.39, 0.29) is 0 Å². The van der Waals surface area contributed by atoms with E-state index >= 15 is 0 Å². The van der Waals surface area contributed by atoms with Gasteiger partial charge in [0.05, 0.1) is 0 Å². The van der Waals surface area contributed by atoms with Crippen LogP contribution in [-0.4, -0.2) is 41.7 Å². The highest BCUT2D eigenvalue weighted by molar-refractivity contribution is 5.78. The molecular formula is C9H16N2O2. The molecule has 74 valence electrons. The average Bonchev–Trinajstić information content (AvgIpc) is 1.90. The van der Waals surface area contributed by atoms with E-state index < -0.39 is 12.0 Å². The molecule has 1 heterocycles. The summed E-state index contributed by atoms with van der Waals surface area (Å²) in [5, 5.41) is 9.21. The lowest BCUT2D eigenvalue weighted by Gasteiger charge is -2.56. The van der Waals surface area contributed by atoms with Crippen molar-refractivity contribution in [3.63, 3.8) is 0 Å². The maximum atomic E-state index is 10.6. The maximum Gasteiger partial charge on any atom is 0.247 e. The Hall–Kier alpha value is -0.610. The second-order valence-corrected chi connectivity index (χ2v) is 4.44. The molecule has 0 radical (unpaired) electrons. The van der Waals surface area contributed by atoms with Crippen molar-refractivity contribution >= 4 is 5.91 Å². The number of rotatable bonds is 3. The molecule has 1 unspecified atom stereocenters. The molecule has 1 saturated heterocycles. The number of aliphatic hydroxyl groups is 1. The highest BCUT2D eigenvalue weighted by Crippen LogP contribution is 2.47. The van der Waals surface area contributed by atoms with Crippen molar-refractivity contribution in [2.24, 2.45) is 11.1 Å². The molecule has 4 nitrogen and oxygen atoms in total. The van der Waals surface area contributed by atoms with E-state index in [0.29, 0.717) is 12.0 Å². The van der Waals surface area contributed by atoms with Gasteiger partial charge in [0.15, 0.2) is 0 Å². The Balaban J connectivity index is 1.71. The second kappa shape index (κ2) is 2.96. The van der Waals surface area contributed by atoms with Gasteiger partial charge in [-0.15, -0.1) is 0 Å². The van der Waals surface area contributed by atoms with Gasteiger partial charge in [0.1, 0.15) is 6.10 Å². The Morgan fingerprint density at radius 3 is 2.54 bits per heavy atom. The van der Waals surface area contributed by atoms with E-state index in [1.807, 2.05) is 0 Å². The SMILES string of the molecule is NC(=O)C(O)CN1CC2(CCC2)C1. The molecule has 3 N–H and O–H groups in total. The molecule has 1 amide bonds. The van der Waals surface area contributed by atoms with Gasteiger partial charge in [-0.3, -0.25) is 9.69 Å². The molecule has 0 aromatic rings. The second-order valence-electron chi connectivity index (χ2n) is 4.44. The first-order chi connectivity index (χ1) is 6.11. The van der Waals surface area contributed by atoms with Crippen molar-refractivity contribution < 1.29 is 9.90 Å². The summed E-state index contributed by atoms with van der Waals surface area (Å²) < 4.78 is 0. The predicted molar refractivity (Wildman–Crippen MR) is 47.9 cm³/mol. The fourth-order valence-corrected chi connectivity index (χ4v) is 2.36. The Labute approximate surface area is 77.7 Å². The zero-order chi connectivity index (χ0) is 9.47. The molecule has 0 aromatic heterocycles. The van der Waals surface area contributed by atoms with Gasteiger partial charge in [-0.2, -0.15) is 0 Å². The van der Waals surface area contributed by atoms with Gasteiger partial charge in [-0.25, -0.2) is 0 Å². The molecule has 2 aliphatic rings. The molecule has 1 spiro atoms. The first-order valence-electron chi connectivity index (χ1n) is 4.81. The number of nitrogens with two attached hydrogens (primary N) is 1. The smallest absolute Gasteiger partial charge is 0.247 e. The summed E-state index contributed by atoms with van der Waals surface area (Å²) in [4.78, 5) is 12.7. The van der Waals surface area contributed by atoms with E-state index in [2.05, 4.69) is 4.90 Å². The number of likely N-dealkylation sites (tertiary alicyclic amines) is 1. The van der Waals surface area contributed by atoms with E-state index in [1.165, 1.54) is 19.3 Å². The quantitative estimate of drug-likeness (QED) is 0.610. The molecular weight excluding hydrogens is 168 g/mol. The number of amides is 1. The Bertz CT molecular complexity index is 218.